The summed E-state index contributed by atoms with van der Waals surface area (Å²) in [5.74, 6) is -0.515. The van der Waals surface area contributed by atoms with Crippen molar-refractivity contribution in [3.05, 3.63) is 53.8 Å². The lowest BCUT2D eigenvalue weighted by Crippen LogP contribution is -2.27. The zero-order valence-corrected chi connectivity index (χ0v) is 12.0. The Morgan fingerprint density at radius 1 is 1.24 bits per heavy atom. The van der Waals surface area contributed by atoms with Crippen molar-refractivity contribution in [3.63, 3.8) is 0 Å². The quantitative estimate of drug-likeness (QED) is 0.880. The van der Waals surface area contributed by atoms with Crippen LogP contribution in [0, 0.1) is 5.82 Å². The summed E-state index contributed by atoms with van der Waals surface area (Å²) >= 11 is 0. The maximum atomic E-state index is 13.8. The molecular formula is C16H17FN2O2. The fourth-order valence-corrected chi connectivity index (χ4v) is 2.04. The van der Waals surface area contributed by atoms with Crippen molar-refractivity contribution in [1.29, 1.82) is 0 Å². The van der Waals surface area contributed by atoms with Gasteiger partial charge >= 0.3 is 0 Å². The van der Waals surface area contributed by atoms with Crippen molar-refractivity contribution < 1.29 is 13.9 Å². The van der Waals surface area contributed by atoms with Crippen LogP contribution < -0.4 is 15.4 Å². The molecule has 2 aromatic rings. The summed E-state index contributed by atoms with van der Waals surface area (Å²) in [5.41, 5.74) is 6.73. The normalized spacial score (nSPS) is 10.2. The van der Waals surface area contributed by atoms with E-state index in [0.717, 1.165) is 0 Å². The Morgan fingerprint density at radius 2 is 1.95 bits per heavy atom. The van der Waals surface area contributed by atoms with Crippen molar-refractivity contribution in [2.75, 3.05) is 24.3 Å². The van der Waals surface area contributed by atoms with Gasteiger partial charge < -0.3 is 15.4 Å². The van der Waals surface area contributed by atoms with Crippen LogP contribution in [0.1, 0.15) is 17.3 Å². The van der Waals surface area contributed by atoms with Gasteiger partial charge in [0.05, 0.1) is 23.5 Å². The number of carbonyl (C=O) groups excluding carboxylic acids is 1. The lowest BCUT2D eigenvalue weighted by atomic mass is 10.1. The maximum absolute atomic E-state index is 13.8. The van der Waals surface area contributed by atoms with Gasteiger partial charge in [0, 0.05) is 7.05 Å². The Kier molecular flexibility index (Phi) is 4.42. The highest BCUT2D eigenvalue weighted by Crippen LogP contribution is 2.29. The molecule has 0 fully saturated rings. The van der Waals surface area contributed by atoms with Gasteiger partial charge in [-0.25, -0.2) is 4.39 Å². The average Bonchev–Trinajstić information content (AvgIpc) is 2.48. The third-order valence-electron chi connectivity index (χ3n) is 3.08. The van der Waals surface area contributed by atoms with Gasteiger partial charge in [-0.2, -0.15) is 0 Å². The molecule has 2 rings (SSSR count). The van der Waals surface area contributed by atoms with Crippen LogP contribution in [0.5, 0.6) is 5.75 Å². The minimum absolute atomic E-state index is 0.201. The molecule has 0 bridgehead atoms. The summed E-state index contributed by atoms with van der Waals surface area (Å²) in [6.45, 7) is 2.19. The Balaban J connectivity index is 2.41. The van der Waals surface area contributed by atoms with Gasteiger partial charge in [0.15, 0.2) is 5.75 Å². The summed E-state index contributed by atoms with van der Waals surface area (Å²) in [6.07, 6.45) is 0. The molecule has 0 unspecified atom stereocenters. The van der Waals surface area contributed by atoms with Gasteiger partial charge in [0.2, 0.25) is 0 Å². The van der Waals surface area contributed by atoms with Crippen LogP contribution in [0.25, 0.3) is 0 Å². The molecule has 4 nitrogen and oxygen atoms in total. The molecule has 0 aliphatic carbocycles. The topological polar surface area (TPSA) is 55.6 Å². The molecule has 2 aromatic carbocycles. The number of ether oxygens (including phenoxy) is 1. The number of nitrogens with zero attached hydrogens (tertiary/aromatic N) is 1. The Bertz CT molecular complexity index is 658. The number of benzene rings is 2. The highest BCUT2D eigenvalue weighted by Gasteiger charge is 2.21. The minimum atomic E-state index is -0.463. The number of halogens is 1. The Labute approximate surface area is 122 Å². The largest absolute Gasteiger partial charge is 0.491 e. The third kappa shape index (κ3) is 2.97. The van der Waals surface area contributed by atoms with Crippen molar-refractivity contribution in [2.45, 2.75) is 6.92 Å². The molecule has 0 heterocycles. The highest BCUT2D eigenvalue weighted by molar-refractivity contribution is 6.08. The van der Waals surface area contributed by atoms with Crippen LogP contribution in [0.4, 0.5) is 15.8 Å². The predicted molar refractivity (Wildman–Crippen MR) is 81.2 cm³/mol. The molecule has 0 spiro atoms. The van der Waals surface area contributed by atoms with Crippen molar-refractivity contribution in [2.24, 2.45) is 0 Å². The molecular weight excluding hydrogens is 271 g/mol. The number of nitrogen functional groups attached to an aromatic ring is 1. The SMILES string of the molecule is CCOc1c(N)cccc1C(=O)N(C)c1ccccc1F. The van der Waals surface area contributed by atoms with Gasteiger partial charge in [-0.15, -0.1) is 0 Å². The zero-order chi connectivity index (χ0) is 15.4. The van der Waals surface area contributed by atoms with E-state index in [2.05, 4.69) is 0 Å². The molecule has 0 saturated carbocycles. The lowest BCUT2D eigenvalue weighted by Gasteiger charge is -2.20. The second-order valence-corrected chi connectivity index (χ2v) is 4.47. The lowest BCUT2D eigenvalue weighted by molar-refractivity contribution is 0.0988. The van der Waals surface area contributed by atoms with E-state index in [1.807, 2.05) is 0 Å². The first-order valence-corrected chi connectivity index (χ1v) is 6.60. The molecule has 0 aliphatic rings. The molecule has 0 radical (unpaired) electrons. The molecule has 0 aromatic heterocycles. The van der Waals surface area contributed by atoms with Crippen LogP contribution in [0.2, 0.25) is 0 Å². The molecule has 0 atom stereocenters. The molecule has 0 aliphatic heterocycles. The van der Waals surface area contributed by atoms with E-state index in [-0.39, 0.29) is 11.6 Å². The Hall–Kier alpha value is -2.56. The van der Waals surface area contributed by atoms with Crippen molar-refractivity contribution in [3.8, 4) is 5.75 Å². The smallest absolute Gasteiger partial charge is 0.261 e. The van der Waals surface area contributed by atoms with Crippen LogP contribution >= 0.6 is 0 Å². The maximum Gasteiger partial charge on any atom is 0.261 e. The van der Waals surface area contributed by atoms with Gasteiger partial charge in [-0.05, 0) is 31.2 Å². The Morgan fingerprint density at radius 3 is 2.62 bits per heavy atom. The van der Waals surface area contributed by atoms with Crippen LogP contribution in [0.3, 0.4) is 0 Å². The predicted octanol–water partition coefficient (Wildman–Crippen LogP) is 3.08. The minimum Gasteiger partial charge on any atom is -0.491 e. The molecule has 110 valence electrons. The molecule has 5 heteroatoms. The molecule has 2 N–H and O–H groups in total. The third-order valence-corrected chi connectivity index (χ3v) is 3.08. The van der Waals surface area contributed by atoms with Crippen LogP contribution in [-0.4, -0.2) is 19.6 Å². The standard InChI is InChI=1S/C16H17FN2O2/c1-3-21-15-11(7-6-9-13(15)18)16(20)19(2)14-10-5-4-8-12(14)17/h4-10H,3,18H2,1-2H3. The second-order valence-electron chi connectivity index (χ2n) is 4.47. The van der Waals surface area contributed by atoms with Gasteiger partial charge in [-0.1, -0.05) is 18.2 Å². The fraction of sp³-hybridized carbons (Fsp3) is 0.188. The average molecular weight is 288 g/mol. The van der Waals surface area contributed by atoms with Crippen LogP contribution in [-0.2, 0) is 0 Å². The number of amides is 1. The fourth-order valence-electron chi connectivity index (χ4n) is 2.04. The van der Waals surface area contributed by atoms with Gasteiger partial charge in [0.1, 0.15) is 5.82 Å². The summed E-state index contributed by atoms with van der Waals surface area (Å²) in [5, 5.41) is 0. The van der Waals surface area contributed by atoms with Gasteiger partial charge in [-0.3, -0.25) is 4.79 Å². The number of carbonyl (C=O) groups is 1. The first-order valence-electron chi connectivity index (χ1n) is 6.60. The molecule has 21 heavy (non-hydrogen) atoms. The van der Waals surface area contributed by atoms with Crippen molar-refractivity contribution >= 4 is 17.3 Å². The highest BCUT2D eigenvalue weighted by atomic mass is 19.1. The van der Waals surface area contributed by atoms with E-state index in [1.54, 1.807) is 43.3 Å². The second kappa shape index (κ2) is 6.26. The van der Waals surface area contributed by atoms with E-state index >= 15 is 0 Å². The number of para-hydroxylation sites is 2. The summed E-state index contributed by atoms with van der Waals surface area (Å²) in [6, 6.07) is 11.0. The zero-order valence-electron chi connectivity index (χ0n) is 12.0. The first kappa shape index (κ1) is 14.8. The van der Waals surface area contributed by atoms with E-state index < -0.39 is 5.82 Å². The molecule has 0 saturated heterocycles. The number of anilines is 2. The van der Waals surface area contributed by atoms with Crippen molar-refractivity contribution in [1.82, 2.24) is 0 Å². The number of nitrogens with two attached hydrogens (primary N) is 1. The summed E-state index contributed by atoms with van der Waals surface area (Å²) in [4.78, 5) is 13.8. The van der Waals surface area contributed by atoms with E-state index in [0.29, 0.717) is 23.6 Å². The number of hydrogen-bond donors (Lipinski definition) is 1. The van der Waals surface area contributed by atoms with E-state index in [1.165, 1.54) is 18.0 Å². The monoisotopic (exact) mass is 288 g/mol. The van der Waals surface area contributed by atoms with E-state index in [9.17, 15) is 9.18 Å². The van der Waals surface area contributed by atoms with Crippen LogP contribution in [0.15, 0.2) is 42.5 Å². The molecule has 1 amide bonds. The summed E-state index contributed by atoms with van der Waals surface area (Å²) < 4.78 is 19.2. The first-order chi connectivity index (χ1) is 10.1. The number of rotatable bonds is 4. The number of hydrogen-bond acceptors (Lipinski definition) is 3. The van der Waals surface area contributed by atoms with E-state index in [4.69, 9.17) is 10.5 Å². The van der Waals surface area contributed by atoms with Gasteiger partial charge in [0.25, 0.3) is 5.91 Å². The summed E-state index contributed by atoms with van der Waals surface area (Å²) in [7, 11) is 1.51.